The van der Waals surface area contributed by atoms with E-state index < -0.39 is 11.7 Å². The van der Waals surface area contributed by atoms with E-state index in [-0.39, 0.29) is 0 Å². The van der Waals surface area contributed by atoms with E-state index in [1.165, 1.54) is 12.1 Å². The van der Waals surface area contributed by atoms with Crippen molar-refractivity contribution < 1.29 is 13.2 Å². The van der Waals surface area contributed by atoms with E-state index in [4.69, 9.17) is 0 Å². The molecule has 1 heterocycles. The molecule has 0 spiro atoms. The van der Waals surface area contributed by atoms with Crippen molar-refractivity contribution in [3.05, 3.63) is 35.4 Å². The van der Waals surface area contributed by atoms with Gasteiger partial charge in [0.25, 0.3) is 0 Å². The summed E-state index contributed by atoms with van der Waals surface area (Å²) in [6.45, 7) is 5.76. The molecule has 0 amide bonds. The van der Waals surface area contributed by atoms with E-state index in [1.54, 1.807) is 6.07 Å². The Morgan fingerprint density at radius 2 is 2.15 bits per heavy atom. The van der Waals surface area contributed by atoms with E-state index in [0.29, 0.717) is 18.2 Å². The lowest BCUT2D eigenvalue weighted by molar-refractivity contribution is -0.137. The topological polar surface area (TPSA) is 15.3 Å². The first-order valence-electron chi connectivity index (χ1n) is 7.11. The molecule has 1 atom stereocenters. The fraction of sp³-hybridized carbons (Fsp3) is 0.600. The summed E-state index contributed by atoms with van der Waals surface area (Å²) in [6, 6.07) is 5.93. The van der Waals surface area contributed by atoms with E-state index in [2.05, 4.69) is 17.1 Å². The number of piperidine rings is 1. The predicted octanol–water partition coefficient (Wildman–Crippen LogP) is 3.28. The highest BCUT2D eigenvalue weighted by Crippen LogP contribution is 2.29. The van der Waals surface area contributed by atoms with Crippen molar-refractivity contribution in [1.82, 2.24) is 10.2 Å². The van der Waals surface area contributed by atoms with E-state index in [9.17, 15) is 13.2 Å². The minimum absolute atomic E-state index is 0.373. The SMILES string of the molecule is CCN1CCCC(NCc2cccc(C(F)(F)F)c2)C1. The maximum absolute atomic E-state index is 12.6. The molecule has 0 aliphatic carbocycles. The van der Waals surface area contributed by atoms with Gasteiger partial charge in [-0.2, -0.15) is 13.2 Å². The van der Waals surface area contributed by atoms with Crippen molar-refractivity contribution >= 4 is 0 Å². The van der Waals surface area contributed by atoms with Gasteiger partial charge in [0.1, 0.15) is 0 Å². The van der Waals surface area contributed by atoms with Crippen LogP contribution in [-0.4, -0.2) is 30.6 Å². The molecule has 1 unspecified atom stereocenters. The minimum atomic E-state index is -4.26. The van der Waals surface area contributed by atoms with Crippen LogP contribution in [0.3, 0.4) is 0 Å². The van der Waals surface area contributed by atoms with Gasteiger partial charge >= 0.3 is 6.18 Å². The van der Waals surface area contributed by atoms with Crippen LogP contribution in [0.15, 0.2) is 24.3 Å². The highest BCUT2D eigenvalue weighted by Gasteiger charge is 2.30. The largest absolute Gasteiger partial charge is 0.416 e. The van der Waals surface area contributed by atoms with Gasteiger partial charge < -0.3 is 10.2 Å². The number of rotatable bonds is 4. The number of nitrogens with one attached hydrogen (secondary N) is 1. The first-order valence-corrected chi connectivity index (χ1v) is 7.11. The van der Waals surface area contributed by atoms with Gasteiger partial charge in [-0.05, 0) is 37.6 Å². The van der Waals surface area contributed by atoms with Crippen molar-refractivity contribution in [1.29, 1.82) is 0 Å². The van der Waals surface area contributed by atoms with Crippen LogP contribution >= 0.6 is 0 Å². The summed E-state index contributed by atoms with van der Waals surface area (Å²) in [6.07, 6.45) is -2.02. The Morgan fingerprint density at radius 3 is 2.85 bits per heavy atom. The second kappa shape index (κ2) is 6.59. The van der Waals surface area contributed by atoms with Crippen LogP contribution in [0.2, 0.25) is 0 Å². The second-order valence-electron chi connectivity index (χ2n) is 5.31. The summed E-state index contributed by atoms with van der Waals surface area (Å²) >= 11 is 0. The predicted molar refractivity (Wildman–Crippen MR) is 73.4 cm³/mol. The molecule has 2 rings (SSSR count). The Morgan fingerprint density at radius 1 is 1.35 bits per heavy atom. The van der Waals surface area contributed by atoms with Crippen LogP contribution in [0.5, 0.6) is 0 Å². The average Bonchev–Trinajstić information content (AvgIpc) is 2.45. The Bertz CT molecular complexity index is 431. The summed E-state index contributed by atoms with van der Waals surface area (Å²) in [5, 5.41) is 3.37. The van der Waals surface area contributed by atoms with Gasteiger partial charge in [-0.1, -0.05) is 25.1 Å². The average molecular weight is 286 g/mol. The molecule has 0 aromatic heterocycles. The number of halogens is 3. The third kappa shape index (κ3) is 4.21. The fourth-order valence-corrected chi connectivity index (χ4v) is 2.63. The van der Waals surface area contributed by atoms with Crippen molar-refractivity contribution in [2.75, 3.05) is 19.6 Å². The molecule has 1 fully saturated rings. The molecule has 0 radical (unpaired) electrons. The first kappa shape index (κ1) is 15.3. The van der Waals surface area contributed by atoms with Crippen LogP contribution in [0.4, 0.5) is 13.2 Å². The quantitative estimate of drug-likeness (QED) is 0.914. The van der Waals surface area contributed by atoms with Gasteiger partial charge in [-0.25, -0.2) is 0 Å². The molecule has 1 aromatic rings. The molecule has 1 aliphatic heterocycles. The minimum Gasteiger partial charge on any atom is -0.309 e. The third-order valence-electron chi connectivity index (χ3n) is 3.80. The molecular weight excluding hydrogens is 265 g/mol. The highest BCUT2D eigenvalue weighted by molar-refractivity contribution is 5.25. The smallest absolute Gasteiger partial charge is 0.309 e. The molecule has 1 saturated heterocycles. The zero-order valence-corrected chi connectivity index (χ0v) is 11.7. The Labute approximate surface area is 118 Å². The lowest BCUT2D eigenvalue weighted by Gasteiger charge is -2.32. The first-order chi connectivity index (χ1) is 9.49. The van der Waals surface area contributed by atoms with Crippen LogP contribution in [-0.2, 0) is 12.7 Å². The van der Waals surface area contributed by atoms with Gasteiger partial charge in [-0.15, -0.1) is 0 Å². The van der Waals surface area contributed by atoms with Crippen molar-refractivity contribution in [2.24, 2.45) is 0 Å². The van der Waals surface area contributed by atoms with Gasteiger partial charge in [0.2, 0.25) is 0 Å². The standard InChI is InChI=1S/C15H21F3N2/c1-2-20-8-4-7-14(11-20)19-10-12-5-3-6-13(9-12)15(16,17)18/h3,5-6,9,14,19H,2,4,7-8,10-11H2,1H3. The molecular formula is C15H21F3N2. The van der Waals surface area contributed by atoms with Gasteiger partial charge in [0.15, 0.2) is 0 Å². The number of alkyl halides is 3. The Kier molecular flexibility index (Phi) is 5.05. The van der Waals surface area contributed by atoms with E-state index in [1.807, 2.05) is 0 Å². The van der Waals surface area contributed by atoms with Gasteiger partial charge in [0, 0.05) is 19.1 Å². The fourth-order valence-electron chi connectivity index (χ4n) is 2.63. The molecule has 112 valence electrons. The molecule has 1 N–H and O–H groups in total. The number of likely N-dealkylation sites (N-methyl/N-ethyl adjacent to an activating group) is 1. The molecule has 0 saturated carbocycles. The van der Waals surface area contributed by atoms with Crippen LogP contribution < -0.4 is 5.32 Å². The number of hydrogen-bond acceptors (Lipinski definition) is 2. The van der Waals surface area contributed by atoms with Gasteiger partial charge in [-0.3, -0.25) is 0 Å². The molecule has 2 nitrogen and oxygen atoms in total. The molecule has 0 bridgehead atoms. The van der Waals surface area contributed by atoms with Gasteiger partial charge in [0.05, 0.1) is 5.56 Å². The molecule has 1 aliphatic rings. The normalized spacial score (nSPS) is 21.1. The Hall–Kier alpha value is -1.07. The Balaban J connectivity index is 1.91. The monoisotopic (exact) mass is 286 g/mol. The van der Waals surface area contributed by atoms with Crippen LogP contribution in [0, 0.1) is 0 Å². The third-order valence-corrected chi connectivity index (χ3v) is 3.80. The zero-order valence-electron chi connectivity index (χ0n) is 11.7. The summed E-state index contributed by atoms with van der Waals surface area (Å²) in [5.74, 6) is 0. The van der Waals surface area contributed by atoms with Crippen molar-refractivity contribution in [3.63, 3.8) is 0 Å². The highest BCUT2D eigenvalue weighted by atomic mass is 19.4. The molecule has 5 heteroatoms. The lowest BCUT2D eigenvalue weighted by Crippen LogP contribution is -2.45. The van der Waals surface area contributed by atoms with E-state index >= 15 is 0 Å². The zero-order chi connectivity index (χ0) is 14.6. The summed E-state index contributed by atoms with van der Waals surface area (Å²) in [4.78, 5) is 2.37. The summed E-state index contributed by atoms with van der Waals surface area (Å²) in [5.41, 5.74) is 0.115. The van der Waals surface area contributed by atoms with E-state index in [0.717, 1.165) is 38.5 Å². The summed E-state index contributed by atoms with van der Waals surface area (Å²) in [7, 11) is 0. The molecule has 20 heavy (non-hydrogen) atoms. The maximum Gasteiger partial charge on any atom is 0.416 e. The second-order valence-corrected chi connectivity index (χ2v) is 5.31. The molecule has 1 aromatic carbocycles. The lowest BCUT2D eigenvalue weighted by atomic mass is 10.0. The van der Waals surface area contributed by atoms with Crippen molar-refractivity contribution in [2.45, 2.75) is 38.5 Å². The van der Waals surface area contributed by atoms with Crippen LogP contribution in [0.25, 0.3) is 0 Å². The number of hydrogen-bond donors (Lipinski definition) is 1. The number of nitrogens with zero attached hydrogens (tertiary/aromatic N) is 1. The maximum atomic E-state index is 12.6. The number of benzene rings is 1. The number of likely N-dealkylation sites (tertiary alicyclic amines) is 1. The summed E-state index contributed by atoms with van der Waals surface area (Å²) < 4.78 is 37.9. The van der Waals surface area contributed by atoms with Crippen LogP contribution in [0.1, 0.15) is 30.9 Å². The van der Waals surface area contributed by atoms with Crippen molar-refractivity contribution in [3.8, 4) is 0 Å².